The maximum absolute atomic E-state index is 10.5. The Bertz CT molecular complexity index is 438. The maximum Gasteiger partial charge on any atom is 0.0628 e. The van der Waals surface area contributed by atoms with Crippen molar-refractivity contribution in [2.75, 3.05) is 0 Å². The van der Waals surface area contributed by atoms with Crippen LogP contribution >= 0.6 is 0 Å². The Labute approximate surface area is 123 Å². The molecule has 2 rings (SSSR count). The predicted molar refractivity (Wildman–Crippen MR) is 82.7 cm³/mol. The SMILES string of the molecule is CCC1CCCC(C(O)CCc2c(C)nn(C)c2C)C1. The average molecular weight is 278 g/mol. The molecule has 3 unspecified atom stereocenters. The van der Waals surface area contributed by atoms with Crippen molar-refractivity contribution in [1.29, 1.82) is 0 Å². The van der Waals surface area contributed by atoms with Gasteiger partial charge in [0.05, 0.1) is 11.8 Å². The second-order valence-electron chi connectivity index (χ2n) is 6.58. The third-order valence-electron chi connectivity index (χ3n) is 5.29. The van der Waals surface area contributed by atoms with Crippen LogP contribution in [0.25, 0.3) is 0 Å². The van der Waals surface area contributed by atoms with Crippen LogP contribution in [0.3, 0.4) is 0 Å². The molecule has 0 radical (unpaired) electrons. The molecular formula is C17H30N2O. The minimum atomic E-state index is -0.136. The minimum Gasteiger partial charge on any atom is -0.393 e. The molecule has 1 aliphatic rings. The summed E-state index contributed by atoms with van der Waals surface area (Å²) in [6, 6.07) is 0. The Kier molecular flexibility index (Phi) is 5.25. The van der Waals surface area contributed by atoms with E-state index in [0.29, 0.717) is 5.92 Å². The lowest BCUT2D eigenvalue weighted by Crippen LogP contribution is -2.27. The van der Waals surface area contributed by atoms with Crippen LogP contribution in [-0.4, -0.2) is 21.0 Å². The Morgan fingerprint density at radius 2 is 2.10 bits per heavy atom. The highest BCUT2D eigenvalue weighted by Gasteiger charge is 2.26. The highest BCUT2D eigenvalue weighted by molar-refractivity contribution is 5.24. The van der Waals surface area contributed by atoms with Crippen LogP contribution in [0.15, 0.2) is 0 Å². The van der Waals surface area contributed by atoms with Gasteiger partial charge >= 0.3 is 0 Å². The van der Waals surface area contributed by atoms with E-state index in [2.05, 4.69) is 25.9 Å². The van der Waals surface area contributed by atoms with Crippen LogP contribution in [-0.2, 0) is 13.5 Å². The van der Waals surface area contributed by atoms with Crippen LogP contribution in [0.2, 0.25) is 0 Å². The molecule has 0 aliphatic heterocycles. The van der Waals surface area contributed by atoms with Crippen LogP contribution in [0, 0.1) is 25.7 Å². The van der Waals surface area contributed by atoms with E-state index < -0.39 is 0 Å². The molecule has 0 aromatic carbocycles. The Balaban J connectivity index is 1.90. The van der Waals surface area contributed by atoms with Crippen LogP contribution in [0.5, 0.6) is 0 Å². The van der Waals surface area contributed by atoms with Gasteiger partial charge in [-0.1, -0.05) is 26.2 Å². The monoisotopic (exact) mass is 278 g/mol. The van der Waals surface area contributed by atoms with Gasteiger partial charge in [0.25, 0.3) is 0 Å². The highest BCUT2D eigenvalue weighted by atomic mass is 16.3. The van der Waals surface area contributed by atoms with Gasteiger partial charge in [0.1, 0.15) is 0 Å². The number of rotatable bonds is 5. The van der Waals surface area contributed by atoms with Crippen molar-refractivity contribution < 1.29 is 5.11 Å². The fraction of sp³-hybridized carbons (Fsp3) is 0.824. The molecule has 20 heavy (non-hydrogen) atoms. The molecule has 1 heterocycles. The van der Waals surface area contributed by atoms with E-state index in [1.807, 2.05) is 11.7 Å². The first-order valence-corrected chi connectivity index (χ1v) is 8.20. The number of nitrogens with zero attached hydrogens (tertiary/aromatic N) is 2. The first kappa shape index (κ1) is 15.6. The van der Waals surface area contributed by atoms with Gasteiger partial charge in [-0.2, -0.15) is 5.10 Å². The molecule has 3 heteroatoms. The minimum absolute atomic E-state index is 0.136. The molecule has 0 spiro atoms. The molecule has 1 saturated carbocycles. The van der Waals surface area contributed by atoms with Crippen LogP contribution in [0.4, 0.5) is 0 Å². The van der Waals surface area contributed by atoms with Gasteiger partial charge in [-0.3, -0.25) is 4.68 Å². The topological polar surface area (TPSA) is 38.1 Å². The maximum atomic E-state index is 10.5. The molecule has 1 aromatic heterocycles. The Morgan fingerprint density at radius 1 is 1.35 bits per heavy atom. The van der Waals surface area contributed by atoms with Gasteiger partial charge in [-0.15, -0.1) is 0 Å². The van der Waals surface area contributed by atoms with Crippen molar-refractivity contribution in [1.82, 2.24) is 9.78 Å². The molecule has 0 bridgehead atoms. The largest absolute Gasteiger partial charge is 0.393 e. The van der Waals surface area contributed by atoms with Crippen LogP contribution in [0.1, 0.15) is 62.4 Å². The number of aliphatic hydroxyl groups excluding tert-OH is 1. The summed E-state index contributed by atoms with van der Waals surface area (Å²) in [6.45, 7) is 6.47. The molecule has 1 N–H and O–H groups in total. The van der Waals surface area contributed by atoms with Crippen molar-refractivity contribution in [3.8, 4) is 0 Å². The first-order chi connectivity index (χ1) is 9.52. The molecule has 1 aliphatic carbocycles. The average Bonchev–Trinajstić information content (AvgIpc) is 2.70. The summed E-state index contributed by atoms with van der Waals surface area (Å²) in [5, 5.41) is 15.0. The second-order valence-corrected chi connectivity index (χ2v) is 6.58. The Morgan fingerprint density at radius 3 is 2.70 bits per heavy atom. The van der Waals surface area contributed by atoms with Crippen molar-refractivity contribution >= 4 is 0 Å². The summed E-state index contributed by atoms with van der Waals surface area (Å²) < 4.78 is 1.95. The number of aromatic nitrogens is 2. The van der Waals surface area contributed by atoms with Gasteiger partial charge in [-0.05, 0) is 56.9 Å². The lowest BCUT2D eigenvalue weighted by atomic mass is 9.76. The molecule has 3 atom stereocenters. The molecule has 3 nitrogen and oxygen atoms in total. The lowest BCUT2D eigenvalue weighted by molar-refractivity contribution is 0.0617. The quantitative estimate of drug-likeness (QED) is 0.894. The van der Waals surface area contributed by atoms with E-state index in [-0.39, 0.29) is 6.10 Å². The summed E-state index contributed by atoms with van der Waals surface area (Å²) in [5.41, 5.74) is 3.69. The lowest BCUT2D eigenvalue weighted by Gasteiger charge is -2.31. The Hall–Kier alpha value is -0.830. The highest BCUT2D eigenvalue weighted by Crippen LogP contribution is 2.34. The smallest absolute Gasteiger partial charge is 0.0628 e. The van der Waals surface area contributed by atoms with E-state index >= 15 is 0 Å². The predicted octanol–water partition coefficient (Wildman–Crippen LogP) is 3.55. The zero-order chi connectivity index (χ0) is 14.7. The molecule has 0 saturated heterocycles. The third kappa shape index (κ3) is 3.43. The summed E-state index contributed by atoms with van der Waals surface area (Å²) in [4.78, 5) is 0. The van der Waals surface area contributed by atoms with E-state index in [1.54, 1.807) is 0 Å². The van der Waals surface area contributed by atoms with Crippen molar-refractivity contribution in [2.45, 2.75) is 71.8 Å². The number of hydrogen-bond donors (Lipinski definition) is 1. The molecular weight excluding hydrogens is 248 g/mol. The normalized spacial score (nSPS) is 24.9. The second kappa shape index (κ2) is 6.75. The summed E-state index contributed by atoms with van der Waals surface area (Å²) >= 11 is 0. The van der Waals surface area contributed by atoms with Crippen molar-refractivity contribution in [3.63, 3.8) is 0 Å². The van der Waals surface area contributed by atoms with Gasteiger partial charge < -0.3 is 5.11 Å². The van der Waals surface area contributed by atoms with E-state index in [1.165, 1.54) is 43.4 Å². The zero-order valence-corrected chi connectivity index (χ0v) is 13.5. The van der Waals surface area contributed by atoms with Gasteiger partial charge in [-0.25, -0.2) is 0 Å². The van der Waals surface area contributed by atoms with Crippen molar-refractivity contribution in [2.24, 2.45) is 18.9 Å². The third-order valence-corrected chi connectivity index (χ3v) is 5.29. The molecule has 0 amide bonds. The molecule has 1 fully saturated rings. The molecule has 114 valence electrons. The van der Waals surface area contributed by atoms with Gasteiger partial charge in [0.15, 0.2) is 0 Å². The summed E-state index contributed by atoms with van der Waals surface area (Å²) in [6.07, 6.45) is 8.07. The molecule has 1 aromatic rings. The van der Waals surface area contributed by atoms with E-state index in [9.17, 15) is 5.11 Å². The first-order valence-electron chi connectivity index (χ1n) is 8.20. The number of hydrogen-bond acceptors (Lipinski definition) is 2. The summed E-state index contributed by atoms with van der Waals surface area (Å²) in [7, 11) is 2.00. The number of aryl methyl sites for hydroxylation is 2. The fourth-order valence-corrected chi connectivity index (χ4v) is 3.76. The number of aliphatic hydroxyl groups is 1. The standard InChI is InChI=1S/C17H30N2O/c1-5-14-7-6-8-15(11-14)17(20)10-9-16-12(2)18-19(4)13(16)3/h14-15,17,20H,5-11H2,1-4H3. The fourth-order valence-electron chi connectivity index (χ4n) is 3.76. The van der Waals surface area contributed by atoms with Gasteiger partial charge in [0.2, 0.25) is 0 Å². The van der Waals surface area contributed by atoms with E-state index in [0.717, 1.165) is 24.5 Å². The van der Waals surface area contributed by atoms with Crippen LogP contribution < -0.4 is 0 Å². The van der Waals surface area contributed by atoms with Crippen molar-refractivity contribution in [3.05, 3.63) is 17.0 Å². The summed E-state index contributed by atoms with van der Waals surface area (Å²) in [5.74, 6) is 1.36. The van der Waals surface area contributed by atoms with Gasteiger partial charge in [0, 0.05) is 12.7 Å². The van der Waals surface area contributed by atoms with E-state index in [4.69, 9.17) is 0 Å². The zero-order valence-electron chi connectivity index (χ0n) is 13.5.